The van der Waals surface area contributed by atoms with Crippen LogP contribution in [-0.2, 0) is 24.7 Å². The molecule has 27 heavy (non-hydrogen) atoms. The van der Waals surface area contributed by atoms with Crippen LogP contribution in [0.25, 0.3) is 0 Å². The maximum atomic E-state index is 13.1. The van der Waals surface area contributed by atoms with E-state index in [0.29, 0.717) is 0 Å². The van der Waals surface area contributed by atoms with Gasteiger partial charge in [-0.15, -0.1) is 0 Å². The van der Waals surface area contributed by atoms with Crippen LogP contribution in [0.4, 0.5) is 0 Å². The second-order valence-corrected chi connectivity index (χ2v) is 7.10. The lowest BCUT2D eigenvalue weighted by molar-refractivity contribution is -0.181. The first-order chi connectivity index (χ1) is 12.5. The van der Waals surface area contributed by atoms with E-state index in [-0.39, 0.29) is 23.5 Å². The van der Waals surface area contributed by atoms with Crippen LogP contribution in [0.2, 0.25) is 0 Å². The summed E-state index contributed by atoms with van der Waals surface area (Å²) in [6.07, 6.45) is -0.0855. The number of hydrogen-bond donors (Lipinski definition) is 2. The van der Waals surface area contributed by atoms with Crippen LogP contribution in [0.3, 0.4) is 0 Å². The summed E-state index contributed by atoms with van der Waals surface area (Å²) in [4.78, 5) is 51.3. The van der Waals surface area contributed by atoms with Crippen LogP contribution < -0.4 is 5.32 Å². The minimum Gasteiger partial charge on any atom is -0.467 e. The highest BCUT2D eigenvalue weighted by atomic mass is 16.5. The van der Waals surface area contributed by atoms with Crippen molar-refractivity contribution in [3.63, 3.8) is 0 Å². The van der Waals surface area contributed by atoms with Gasteiger partial charge in [-0.25, -0.2) is 4.79 Å². The molecule has 146 valence electrons. The van der Waals surface area contributed by atoms with Crippen molar-refractivity contribution in [1.29, 1.82) is 0 Å². The number of amides is 3. The fourth-order valence-corrected chi connectivity index (χ4v) is 3.69. The number of ether oxygens (including phenoxy) is 1. The number of fused-ring (bicyclic) bond motifs is 1. The molecule has 0 saturated carbocycles. The Kier molecular flexibility index (Phi) is 5.42. The molecule has 0 fully saturated rings. The summed E-state index contributed by atoms with van der Waals surface area (Å²) < 4.78 is 4.89. The Labute approximate surface area is 157 Å². The number of rotatable bonds is 5. The van der Waals surface area contributed by atoms with E-state index in [1.165, 1.54) is 26.1 Å². The fourth-order valence-electron chi connectivity index (χ4n) is 3.69. The van der Waals surface area contributed by atoms with Gasteiger partial charge in [0.15, 0.2) is 5.54 Å². The summed E-state index contributed by atoms with van der Waals surface area (Å²) in [5.74, 6) is -3.42. The monoisotopic (exact) mass is 376 g/mol. The topological polar surface area (TPSA) is 113 Å². The third-order valence-electron chi connectivity index (χ3n) is 4.72. The van der Waals surface area contributed by atoms with Crippen molar-refractivity contribution in [2.24, 2.45) is 5.92 Å². The first-order valence-electron chi connectivity index (χ1n) is 8.54. The zero-order valence-electron chi connectivity index (χ0n) is 16.0. The summed E-state index contributed by atoms with van der Waals surface area (Å²) >= 11 is 0. The van der Waals surface area contributed by atoms with E-state index < -0.39 is 34.8 Å². The van der Waals surface area contributed by atoms with Crippen molar-refractivity contribution in [2.75, 3.05) is 14.2 Å². The van der Waals surface area contributed by atoms with Gasteiger partial charge in [0.1, 0.15) is 0 Å². The predicted molar refractivity (Wildman–Crippen MR) is 95.5 cm³/mol. The quantitative estimate of drug-likeness (QED) is 0.574. The van der Waals surface area contributed by atoms with E-state index >= 15 is 0 Å². The molecule has 1 aliphatic rings. The summed E-state index contributed by atoms with van der Waals surface area (Å²) in [6.45, 7) is 4.73. The van der Waals surface area contributed by atoms with Crippen LogP contribution in [0.5, 0.6) is 0 Å². The third kappa shape index (κ3) is 2.99. The summed E-state index contributed by atoms with van der Waals surface area (Å²) in [7, 11) is 2.33. The van der Waals surface area contributed by atoms with E-state index in [4.69, 9.17) is 4.74 Å². The van der Waals surface area contributed by atoms with Crippen molar-refractivity contribution in [3.05, 3.63) is 35.4 Å². The summed E-state index contributed by atoms with van der Waals surface area (Å²) in [6, 6.07) is 5.98. The summed E-state index contributed by atoms with van der Waals surface area (Å²) in [5, 5.41) is 14.2. The highest BCUT2D eigenvalue weighted by molar-refractivity contribution is 6.15. The van der Waals surface area contributed by atoms with E-state index in [2.05, 4.69) is 5.32 Å². The molecule has 0 bridgehead atoms. The average Bonchev–Trinajstić information content (AvgIpc) is 2.62. The summed E-state index contributed by atoms with van der Waals surface area (Å²) in [5.41, 5.74) is -4.60. The van der Waals surface area contributed by atoms with Crippen molar-refractivity contribution >= 4 is 23.7 Å². The van der Waals surface area contributed by atoms with E-state index in [0.717, 1.165) is 12.0 Å². The largest absolute Gasteiger partial charge is 0.467 e. The predicted octanol–water partition coefficient (Wildman–Crippen LogP) is 0.580. The Morgan fingerprint density at radius 2 is 1.89 bits per heavy atom. The number of likely N-dealkylation sites (N-methyl/N-ethyl adjacent to an activating group) is 1. The number of methoxy groups -OCH3 is 1. The molecule has 1 aliphatic heterocycles. The zero-order chi connectivity index (χ0) is 20.6. The lowest BCUT2D eigenvalue weighted by Crippen LogP contribution is -2.74. The van der Waals surface area contributed by atoms with Crippen LogP contribution >= 0.6 is 0 Å². The number of aliphatic hydroxyl groups is 1. The minimum atomic E-state index is -2.52. The molecule has 1 heterocycles. The second kappa shape index (κ2) is 7.11. The molecule has 0 aliphatic carbocycles. The Balaban J connectivity index is 2.92. The van der Waals surface area contributed by atoms with Gasteiger partial charge in [0.2, 0.25) is 11.5 Å². The smallest absolute Gasteiger partial charge is 0.335 e. The highest BCUT2D eigenvalue weighted by Crippen LogP contribution is 2.44. The number of nitrogens with zero attached hydrogens (tertiary/aromatic N) is 1. The molecule has 8 heteroatoms. The fraction of sp³-hybridized carbons (Fsp3) is 0.474. The molecule has 0 aromatic heterocycles. The second-order valence-electron chi connectivity index (χ2n) is 7.10. The van der Waals surface area contributed by atoms with Crippen molar-refractivity contribution in [3.8, 4) is 0 Å². The van der Waals surface area contributed by atoms with E-state index in [1.807, 2.05) is 0 Å². The number of hydrogen-bond acceptors (Lipinski definition) is 6. The van der Waals surface area contributed by atoms with Gasteiger partial charge in [-0.1, -0.05) is 32.0 Å². The molecular weight excluding hydrogens is 352 g/mol. The van der Waals surface area contributed by atoms with Gasteiger partial charge in [0.25, 0.3) is 11.8 Å². The molecule has 1 aromatic carbocycles. The molecule has 8 nitrogen and oxygen atoms in total. The molecule has 3 amide bonds. The lowest BCUT2D eigenvalue weighted by atomic mass is 9.67. The first kappa shape index (κ1) is 20.6. The van der Waals surface area contributed by atoms with Gasteiger partial charge in [0, 0.05) is 25.1 Å². The highest BCUT2D eigenvalue weighted by Gasteiger charge is 2.66. The third-order valence-corrected chi connectivity index (χ3v) is 4.72. The number of carbonyl (C=O) groups is 4. The number of carbonyl (C=O) groups excluding carboxylic acids is 4. The molecule has 2 rings (SSSR count). The first-order valence-corrected chi connectivity index (χ1v) is 8.54. The molecule has 0 spiro atoms. The van der Waals surface area contributed by atoms with Gasteiger partial charge in [0.05, 0.1) is 7.11 Å². The molecule has 0 unspecified atom stereocenters. The van der Waals surface area contributed by atoms with Gasteiger partial charge in [-0.3, -0.25) is 19.3 Å². The Morgan fingerprint density at radius 1 is 1.30 bits per heavy atom. The van der Waals surface area contributed by atoms with Gasteiger partial charge >= 0.3 is 5.97 Å². The van der Waals surface area contributed by atoms with Crippen LogP contribution in [0.15, 0.2) is 24.3 Å². The normalized spacial score (nSPS) is 21.5. The maximum absolute atomic E-state index is 13.1. The van der Waals surface area contributed by atoms with Gasteiger partial charge < -0.3 is 15.2 Å². The maximum Gasteiger partial charge on any atom is 0.335 e. The van der Waals surface area contributed by atoms with Crippen molar-refractivity contribution in [1.82, 2.24) is 10.2 Å². The molecule has 2 atom stereocenters. The van der Waals surface area contributed by atoms with Gasteiger partial charge in [-0.2, -0.15) is 0 Å². The molecular formula is C19H24N2O6. The number of esters is 1. The average molecular weight is 376 g/mol. The van der Waals surface area contributed by atoms with Crippen LogP contribution in [0, 0.1) is 5.92 Å². The molecule has 0 radical (unpaired) electrons. The van der Waals surface area contributed by atoms with E-state index in [1.54, 1.807) is 26.0 Å². The van der Waals surface area contributed by atoms with Crippen molar-refractivity contribution < 1.29 is 29.0 Å². The molecule has 0 saturated heterocycles. The molecule has 2 N–H and O–H groups in total. The van der Waals surface area contributed by atoms with E-state index in [9.17, 15) is 24.3 Å². The zero-order valence-corrected chi connectivity index (χ0v) is 16.0. The van der Waals surface area contributed by atoms with Crippen LogP contribution in [0.1, 0.15) is 43.1 Å². The number of imide groups is 1. The van der Waals surface area contributed by atoms with Crippen LogP contribution in [-0.4, -0.2) is 53.4 Å². The Morgan fingerprint density at radius 3 is 2.41 bits per heavy atom. The van der Waals surface area contributed by atoms with Gasteiger partial charge in [-0.05, 0) is 18.4 Å². The lowest BCUT2D eigenvalue weighted by Gasteiger charge is -2.48. The number of nitrogens with one attached hydrogen (secondary N) is 1. The minimum absolute atomic E-state index is 0.0436. The number of benzene rings is 1. The molecule has 1 aromatic rings. The standard InChI is InChI=1S/C19H24N2O6/c1-11(2)10-18(17(25)27-5,20-12(3)22)19(26)14-9-7-6-8-13(14)15(23)21(4)16(19)24/h6-9,11,26H,10H2,1-5H3,(H,20,22)/t18-,19-/m1/s1. The van der Waals surface area contributed by atoms with Crippen molar-refractivity contribution in [2.45, 2.75) is 38.3 Å². The SMILES string of the molecule is COC(=O)[C@@](CC(C)C)(NC(C)=O)[C@]1(O)C(=O)N(C)C(=O)c2ccccc21. The Hall–Kier alpha value is -2.74. The Bertz CT molecular complexity index is 805.